The van der Waals surface area contributed by atoms with Gasteiger partial charge < -0.3 is 14.6 Å². The highest BCUT2D eigenvalue weighted by atomic mass is 16.4. The van der Waals surface area contributed by atoms with Crippen molar-refractivity contribution in [2.24, 2.45) is 0 Å². The van der Waals surface area contributed by atoms with Gasteiger partial charge in [-0.05, 0) is 46.0 Å². The van der Waals surface area contributed by atoms with Gasteiger partial charge in [-0.15, -0.1) is 10.2 Å². The lowest BCUT2D eigenvalue weighted by molar-refractivity contribution is -0.119. The van der Waals surface area contributed by atoms with Crippen LogP contribution in [0, 0.1) is 0 Å². The second-order valence-electron chi connectivity index (χ2n) is 8.90. The van der Waals surface area contributed by atoms with E-state index in [0.29, 0.717) is 30.4 Å². The zero-order valence-corrected chi connectivity index (χ0v) is 20.9. The van der Waals surface area contributed by atoms with Crippen molar-refractivity contribution in [2.45, 2.75) is 32.7 Å². The number of carbonyl (C=O) groups is 1. The molecule has 0 fully saturated rings. The molecule has 5 aromatic rings. The lowest BCUT2D eigenvalue weighted by Gasteiger charge is -2.20. The Labute approximate surface area is 214 Å². The van der Waals surface area contributed by atoms with Gasteiger partial charge in [0.1, 0.15) is 5.52 Å². The summed E-state index contributed by atoms with van der Waals surface area (Å²) in [5.74, 6) is 0.538. The number of nitrogens with zero attached hydrogens (tertiary/aromatic N) is 5. The van der Waals surface area contributed by atoms with Crippen molar-refractivity contribution >= 4 is 23.0 Å². The van der Waals surface area contributed by atoms with Crippen molar-refractivity contribution in [3.8, 4) is 22.5 Å². The highest BCUT2D eigenvalue weighted by Crippen LogP contribution is 2.30. The molecule has 0 unspecified atom stereocenters. The number of likely N-dealkylation sites (N-methyl/N-ethyl adjacent to an activating group) is 1. The zero-order chi connectivity index (χ0) is 25.6. The molecule has 0 saturated heterocycles. The third-order valence-corrected chi connectivity index (χ3v) is 6.29. The second kappa shape index (κ2) is 11.0. The number of tetrazole rings is 1. The minimum Gasteiger partial charge on any atom is -0.423 e. The number of fused-ring (bicyclic) bond motifs is 1. The van der Waals surface area contributed by atoms with Crippen molar-refractivity contribution in [2.75, 3.05) is 18.5 Å². The van der Waals surface area contributed by atoms with Crippen LogP contribution >= 0.6 is 0 Å². The van der Waals surface area contributed by atoms with E-state index in [0.717, 1.165) is 52.7 Å². The maximum absolute atomic E-state index is 11.8. The molecule has 9 nitrogen and oxygen atoms in total. The molecule has 2 aromatic heterocycles. The van der Waals surface area contributed by atoms with E-state index >= 15 is 0 Å². The van der Waals surface area contributed by atoms with Crippen LogP contribution in [0.3, 0.4) is 0 Å². The molecule has 9 heteroatoms. The van der Waals surface area contributed by atoms with Crippen LogP contribution in [0.15, 0.2) is 71.1 Å². The normalized spacial score (nSPS) is 11.1. The van der Waals surface area contributed by atoms with Gasteiger partial charge in [-0.1, -0.05) is 67.9 Å². The van der Waals surface area contributed by atoms with Crippen LogP contribution in [-0.4, -0.2) is 45.1 Å². The smallest absolute Gasteiger partial charge is 0.298 e. The first-order valence-corrected chi connectivity index (χ1v) is 12.4. The Hall–Kier alpha value is -4.53. The lowest BCUT2D eigenvalue weighted by atomic mass is 9.98. The van der Waals surface area contributed by atoms with Gasteiger partial charge in [0.2, 0.25) is 11.7 Å². The molecule has 5 rings (SSSR count). The van der Waals surface area contributed by atoms with Crippen molar-refractivity contribution in [1.82, 2.24) is 30.9 Å². The number of aromatic nitrogens is 5. The Bertz CT molecular complexity index is 1480. The summed E-state index contributed by atoms with van der Waals surface area (Å²) < 4.78 is 6.13. The van der Waals surface area contributed by atoms with Crippen LogP contribution in [0.25, 0.3) is 33.6 Å². The molecule has 188 valence electrons. The molecule has 0 spiro atoms. The van der Waals surface area contributed by atoms with E-state index in [-0.39, 0.29) is 5.91 Å². The summed E-state index contributed by atoms with van der Waals surface area (Å²) in [5, 5.41) is 17.2. The fourth-order valence-electron chi connectivity index (χ4n) is 4.29. The number of nitrogens with one attached hydrogen (secondary N) is 2. The number of benzene rings is 3. The number of oxazole rings is 1. The molecule has 0 aliphatic heterocycles. The van der Waals surface area contributed by atoms with E-state index < -0.39 is 0 Å². The Morgan fingerprint density at radius 3 is 2.54 bits per heavy atom. The summed E-state index contributed by atoms with van der Waals surface area (Å²) in [7, 11) is 1.64. The van der Waals surface area contributed by atoms with Crippen LogP contribution in [0.2, 0.25) is 0 Å². The highest BCUT2D eigenvalue weighted by Gasteiger charge is 2.16. The molecule has 37 heavy (non-hydrogen) atoms. The van der Waals surface area contributed by atoms with Crippen LogP contribution in [0.1, 0.15) is 30.9 Å². The van der Waals surface area contributed by atoms with Gasteiger partial charge in [0.05, 0.1) is 6.42 Å². The molecule has 0 saturated carbocycles. The summed E-state index contributed by atoms with van der Waals surface area (Å²) >= 11 is 0. The zero-order valence-electron chi connectivity index (χ0n) is 20.9. The molecule has 2 heterocycles. The summed E-state index contributed by atoms with van der Waals surface area (Å²) in [6.45, 7) is 3.67. The van der Waals surface area contributed by atoms with Crippen molar-refractivity contribution < 1.29 is 9.21 Å². The third kappa shape index (κ3) is 5.50. The first-order valence-electron chi connectivity index (χ1n) is 12.4. The molecule has 2 N–H and O–H groups in total. The Morgan fingerprint density at radius 2 is 1.81 bits per heavy atom. The molecule has 0 radical (unpaired) electrons. The molecule has 0 aliphatic rings. The maximum atomic E-state index is 11.8. The number of hydrogen-bond donors (Lipinski definition) is 2. The fourth-order valence-corrected chi connectivity index (χ4v) is 4.29. The Balaban J connectivity index is 1.38. The maximum Gasteiger partial charge on any atom is 0.298 e. The number of unbranched alkanes of at least 4 members (excludes halogenated alkanes) is 1. The summed E-state index contributed by atoms with van der Waals surface area (Å²) in [6.07, 6.45) is 2.41. The first-order chi connectivity index (χ1) is 18.1. The van der Waals surface area contributed by atoms with Gasteiger partial charge in [-0.25, -0.2) is 0 Å². The average molecular weight is 496 g/mol. The average Bonchev–Trinajstić information content (AvgIpc) is 3.61. The van der Waals surface area contributed by atoms with Gasteiger partial charge in [0.15, 0.2) is 5.58 Å². The van der Waals surface area contributed by atoms with Crippen molar-refractivity contribution in [1.29, 1.82) is 0 Å². The molecule has 0 bridgehead atoms. The Kier molecular flexibility index (Phi) is 7.21. The van der Waals surface area contributed by atoms with E-state index in [2.05, 4.69) is 68.1 Å². The van der Waals surface area contributed by atoms with Crippen LogP contribution in [0.4, 0.5) is 6.01 Å². The SMILES string of the molecule is CCCCN(Cc1ccc(-c2ccccc2-c2nn[nH]n2)cc1)c1nc2cc(CC(=O)NC)ccc2o1. The Morgan fingerprint density at radius 1 is 1.03 bits per heavy atom. The van der Waals surface area contributed by atoms with E-state index in [9.17, 15) is 4.79 Å². The first kappa shape index (κ1) is 24.2. The fraction of sp³-hybridized carbons (Fsp3) is 0.250. The van der Waals surface area contributed by atoms with E-state index in [4.69, 9.17) is 9.40 Å². The number of carbonyl (C=O) groups excluding carboxylic acids is 1. The minimum atomic E-state index is -0.0315. The number of H-pyrrole nitrogens is 1. The van der Waals surface area contributed by atoms with Gasteiger partial charge in [0.25, 0.3) is 6.01 Å². The molecule has 0 aliphatic carbocycles. The molecular formula is C28H29N7O2. The monoisotopic (exact) mass is 495 g/mol. The molecular weight excluding hydrogens is 466 g/mol. The molecule has 0 atom stereocenters. The number of amides is 1. The second-order valence-corrected chi connectivity index (χ2v) is 8.90. The predicted molar refractivity (Wildman–Crippen MR) is 143 cm³/mol. The van der Waals surface area contributed by atoms with Gasteiger partial charge in [0, 0.05) is 25.7 Å². The lowest BCUT2D eigenvalue weighted by Crippen LogP contribution is -2.24. The van der Waals surface area contributed by atoms with E-state index in [1.165, 1.54) is 0 Å². The van der Waals surface area contributed by atoms with Crippen LogP contribution in [0.5, 0.6) is 0 Å². The largest absolute Gasteiger partial charge is 0.423 e. The third-order valence-electron chi connectivity index (χ3n) is 6.29. The quantitative estimate of drug-likeness (QED) is 0.287. The van der Waals surface area contributed by atoms with E-state index in [1.54, 1.807) is 7.05 Å². The number of anilines is 1. The number of hydrogen-bond acceptors (Lipinski definition) is 7. The van der Waals surface area contributed by atoms with Crippen LogP contribution in [-0.2, 0) is 17.8 Å². The minimum absolute atomic E-state index is 0.0315. The van der Waals surface area contributed by atoms with Gasteiger partial charge >= 0.3 is 0 Å². The highest BCUT2D eigenvalue weighted by molar-refractivity contribution is 5.82. The summed E-state index contributed by atoms with van der Waals surface area (Å²) in [5.41, 5.74) is 6.58. The van der Waals surface area contributed by atoms with Crippen LogP contribution < -0.4 is 10.2 Å². The summed E-state index contributed by atoms with van der Waals surface area (Å²) in [4.78, 5) is 18.7. The van der Waals surface area contributed by atoms with Crippen molar-refractivity contribution in [3.63, 3.8) is 0 Å². The van der Waals surface area contributed by atoms with Gasteiger partial charge in [-0.2, -0.15) is 10.2 Å². The van der Waals surface area contributed by atoms with E-state index in [1.807, 2.05) is 36.4 Å². The molecule has 1 amide bonds. The number of rotatable bonds is 10. The topological polar surface area (TPSA) is 113 Å². The predicted octanol–water partition coefficient (Wildman–Crippen LogP) is 4.77. The summed E-state index contributed by atoms with van der Waals surface area (Å²) in [6, 6.07) is 22.8. The standard InChI is InChI=1S/C28H29N7O2/c1-3-4-15-35(28-30-24-16-20(17-26(36)29-2)11-14-25(24)37-28)18-19-9-12-21(13-10-19)22-7-5-6-8-23(22)27-31-33-34-32-27/h5-14,16H,3-4,15,17-18H2,1-2H3,(H,29,36)(H,31,32,33,34). The van der Waals surface area contributed by atoms with Crippen molar-refractivity contribution in [3.05, 3.63) is 77.9 Å². The van der Waals surface area contributed by atoms with Gasteiger partial charge in [-0.3, -0.25) is 4.79 Å². The number of aromatic amines is 1. The molecule has 3 aromatic carbocycles.